The lowest BCUT2D eigenvalue weighted by molar-refractivity contribution is 0.460. The van der Waals surface area contributed by atoms with Gasteiger partial charge in [0.25, 0.3) is 0 Å². The Hall–Kier alpha value is -1.83. The molecule has 0 spiro atoms. The van der Waals surface area contributed by atoms with Crippen molar-refractivity contribution in [3.63, 3.8) is 0 Å². The third-order valence-corrected chi connectivity index (χ3v) is 5.67. The number of rotatable bonds is 5. The molecule has 156 valence electrons. The molecule has 2 aromatic carbocycles. The maximum atomic E-state index is 13.5. The molecule has 6 heteroatoms. The van der Waals surface area contributed by atoms with E-state index >= 15 is 0 Å². The van der Waals surface area contributed by atoms with Gasteiger partial charge in [0.2, 0.25) is 0 Å². The highest BCUT2D eigenvalue weighted by Crippen LogP contribution is 2.40. The Labute approximate surface area is 190 Å². The van der Waals surface area contributed by atoms with Crippen molar-refractivity contribution in [2.24, 2.45) is 4.99 Å². The van der Waals surface area contributed by atoms with Crippen molar-refractivity contribution in [1.82, 2.24) is 10.6 Å². The summed E-state index contributed by atoms with van der Waals surface area (Å²) >= 11 is 0. The number of nitrogens with one attached hydrogen (secondary N) is 2. The van der Waals surface area contributed by atoms with E-state index in [4.69, 9.17) is 0 Å². The number of hydrogen-bond acceptors (Lipinski definition) is 2. The highest BCUT2D eigenvalue weighted by atomic mass is 127. The van der Waals surface area contributed by atoms with E-state index in [1.807, 2.05) is 6.07 Å². The molecule has 1 aliphatic heterocycles. The average Bonchev–Trinajstić information content (AvgIpc) is 3.48. The van der Waals surface area contributed by atoms with E-state index in [-0.39, 0.29) is 29.8 Å². The Bertz CT molecular complexity index is 806. The average molecular weight is 508 g/mol. The summed E-state index contributed by atoms with van der Waals surface area (Å²) < 4.78 is 13.5. The second-order valence-corrected chi connectivity index (χ2v) is 7.71. The molecule has 2 aromatic rings. The molecule has 2 fully saturated rings. The van der Waals surface area contributed by atoms with Gasteiger partial charge in [0.1, 0.15) is 5.82 Å². The molecule has 1 saturated carbocycles. The fourth-order valence-electron chi connectivity index (χ4n) is 4.04. The van der Waals surface area contributed by atoms with E-state index in [1.54, 1.807) is 12.1 Å². The SMILES string of the molecule is CCN=C(NC1CCN(c2cccc(F)c2)CC1)NC1CC1c1ccccc1.I. The Morgan fingerprint density at radius 1 is 1.07 bits per heavy atom. The van der Waals surface area contributed by atoms with Gasteiger partial charge in [0.05, 0.1) is 0 Å². The van der Waals surface area contributed by atoms with Gasteiger partial charge in [-0.25, -0.2) is 4.39 Å². The molecule has 0 bridgehead atoms. The molecule has 2 aliphatic rings. The minimum absolute atomic E-state index is 0. The van der Waals surface area contributed by atoms with Gasteiger partial charge in [0.15, 0.2) is 5.96 Å². The molecule has 0 radical (unpaired) electrons. The van der Waals surface area contributed by atoms with Gasteiger partial charge < -0.3 is 15.5 Å². The smallest absolute Gasteiger partial charge is 0.191 e. The lowest BCUT2D eigenvalue weighted by atomic mass is 10.0. The van der Waals surface area contributed by atoms with E-state index in [0.717, 1.165) is 50.5 Å². The summed E-state index contributed by atoms with van der Waals surface area (Å²) in [6.07, 6.45) is 3.20. The summed E-state index contributed by atoms with van der Waals surface area (Å²) in [6.45, 7) is 4.69. The third-order valence-electron chi connectivity index (χ3n) is 5.67. The number of nitrogens with zero attached hydrogens (tertiary/aromatic N) is 2. The summed E-state index contributed by atoms with van der Waals surface area (Å²) in [5, 5.41) is 7.24. The fraction of sp³-hybridized carbons (Fsp3) is 0.435. The van der Waals surface area contributed by atoms with Gasteiger partial charge in [0, 0.05) is 43.3 Å². The molecule has 1 heterocycles. The van der Waals surface area contributed by atoms with E-state index < -0.39 is 0 Å². The van der Waals surface area contributed by atoms with Crippen LogP contribution in [0.2, 0.25) is 0 Å². The van der Waals surface area contributed by atoms with Crippen LogP contribution in [0.5, 0.6) is 0 Å². The van der Waals surface area contributed by atoms with E-state index in [0.29, 0.717) is 18.0 Å². The van der Waals surface area contributed by atoms with Crippen LogP contribution in [-0.4, -0.2) is 37.7 Å². The van der Waals surface area contributed by atoms with Crippen LogP contribution in [-0.2, 0) is 0 Å². The monoisotopic (exact) mass is 508 g/mol. The summed E-state index contributed by atoms with van der Waals surface area (Å²) in [5.41, 5.74) is 2.38. The highest BCUT2D eigenvalue weighted by Gasteiger charge is 2.39. The number of halogens is 2. The second kappa shape index (κ2) is 10.3. The molecule has 29 heavy (non-hydrogen) atoms. The number of piperidine rings is 1. The second-order valence-electron chi connectivity index (χ2n) is 7.71. The van der Waals surface area contributed by atoms with Crippen LogP contribution in [0.25, 0.3) is 0 Å². The topological polar surface area (TPSA) is 39.7 Å². The molecule has 2 unspecified atom stereocenters. The van der Waals surface area contributed by atoms with Crippen LogP contribution in [0.4, 0.5) is 10.1 Å². The normalized spacial score (nSPS) is 22.0. The molecule has 0 aromatic heterocycles. The summed E-state index contributed by atoms with van der Waals surface area (Å²) in [4.78, 5) is 6.91. The Morgan fingerprint density at radius 3 is 2.52 bits per heavy atom. The zero-order valence-corrected chi connectivity index (χ0v) is 19.2. The van der Waals surface area contributed by atoms with Crippen molar-refractivity contribution in [3.05, 3.63) is 66.0 Å². The van der Waals surface area contributed by atoms with Gasteiger partial charge in [-0.15, -0.1) is 24.0 Å². The van der Waals surface area contributed by atoms with Crippen LogP contribution >= 0.6 is 24.0 Å². The molecule has 0 amide bonds. The molecule has 1 aliphatic carbocycles. The predicted octanol–water partition coefficient (Wildman–Crippen LogP) is 4.52. The highest BCUT2D eigenvalue weighted by molar-refractivity contribution is 14.0. The first-order valence-corrected chi connectivity index (χ1v) is 10.4. The summed E-state index contributed by atoms with van der Waals surface area (Å²) in [6, 6.07) is 18.4. The predicted molar refractivity (Wildman–Crippen MR) is 129 cm³/mol. The maximum Gasteiger partial charge on any atom is 0.191 e. The van der Waals surface area contributed by atoms with Gasteiger partial charge in [-0.05, 0) is 49.9 Å². The lowest BCUT2D eigenvalue weighted by Crippen LogP contribution is -2.49. The maximum absolute atomic E-state index is 13.5. The molecule has 2 N–H and O–H groups in total. The first-order chi connectivity index (χ1) is 13.7. The van der Waals surface area contributed by atoms with Crippen molar-refractivity contribution < 1.29 is 4.39 Å². The quantitative estimate of drug-likeness (QED) is 0.355. The Balaban J connectivity index is 0.00000240. The van der Waals surface area contributed by atoms with Crippen molar-refractivity contribution in [1.29, 1.82) is 0 Å². The zero-order valence-electron chi connectivity index (χ0n) is 16.9. The Morgan fingerprint density at radius 2 is 1.83 bits per heavy atom. The van der Waals surface area contributed by atoms with E-state index in [1.165, 1.54) is 11.6 Å². The van der Waals surface area contributed by atoms with Gasteiger partial charge in [-0.1, -0.05) is 36.4 Å². The number of aliphatic imine (C=N–C) groups is 1. The summed E-state index contributed by atoms with van der Waals surface area (Å²) in [5.74, 6) is 1.34. The van der Waals surface area contributed by atoms with E-state index in [2.05, 4.69) is 57.8 Å². The van der Waals surface area contributed by atoms with Crippen LogP contribution in [0.15, 0.2) is 59.6 Å². The number of benzene rings is 2. The van der Waals surface area contributed by atoms with Crippen molar-refractivity contribution in [2.45, 2.75) is 44.2 Å². The van der Waals surface area contributed by atoms with Crippen molar-refractivity contribution in [3.8, 4) is 0 Å². The van der Waals surface area contributed by atoms with Crippen LogP contribution in [0.3, 0.4) is 0 Å². The lowest BCUT2D eigenvalue weighted by Gasteiger charge is -2.34. The molecule has 4 nitrogen and oxygen atoms in total. The standard InChI is InChI=1S/C23H29FN4.HI/c1-2-25-23(27-22-16-21(22)17-7-4-3-5-8-17)26-19-11-13-28(14-12-19)20-10-6-9-18(24)15-20;/h3-10,15,19,21-22H,2,11-14,16H2,1H3,(H2,25,26,27);1H. The molecular formula is C23H30FIN4. The number of hydrogen-bond donors (Lipinski definition) is 2. The van der Waals surface area contributed by atoms with Crippen molar-refractivity contribution >= 4 is 35.6 Å². The molecule has 4 rings (SSSR count). The van der Waals surface area contributed by atoms with Gasteiger partial charge >= 0.3 is 0 Å². The number of anilines is 1. The Kier molecular flexibility index (Phi) is 7.75. The zero-order chi connectivity index (χ0) is 19.3. The van der Waals surface area contributed by atoms with Crippen LogP contribution in [0, 0.1) is 5.82 Å². The number of guanidine groups is 1. The fourth-order valence-corrected chi connectivity index (χ4v) is 4.04. The first kappa shape index (κ1) is 21.9. The third kappa shape index (κ3) is 5.84. The summed E-state index contributed by atoms with van der Waals surface area (Å²) in [7, 11) is 0. The molecule has 2 atom stereocenters. The molecule has 1 saturated heterocycles. The minimum Gasteiger partial charge on any atom is -0.371 e. The van der Waals surface area contributed by atoms with Crippen molar-refractivity contribution in [2.75, 3.05) is 24.5 Å². The largest absolute Gasteiger partial charge is 0.371 e. The van der Waals surface area contributed by atoms with Crippen LogP contribution in [0.1, 0.15) is 37.7 Å². The first-order valence-electron chi connectivity index (χ1n) is 10.4. The van der Waals surface area contributed by atoms with E-state index in [9.17, 15) is 4.39 Å². The van der Waals surface area contributed by atoms with Gasteiger partial charge in [-0.3, -0.25) is 4.99 Å². The van der Waals surface area contributed by atoms with Gasteiger partial charge in [-0.2, -0.15) is 0 Å². The van der Waals surface area contributed by atoms with Crippen LogP contribution < -0.4 is 15.5 Å². The minimum atomic E-state index is -0.170. The molecular weight excluding hydrogens is 478 g/mol.